The Morgan fingerprint density at radius 2 is 1.55 bits per heavy atom. The van der Waals surface area contributed by atoms with Crippen molar-refractivity contribution >= 4 is 23.4 Å². The first-order valence-electron chi connectivity index (χ1n) is 11.0. The second kappa shape index (κ2) is 7.63. The Hall–Kier alpha value is -2.95. The van der Waals surface area contributed by atoms with E-state index in [-0.39, 0.29) is 42.5 Å². The summed E-state index contributed by atoms with van der Waals surface area (Å²) in [6, 6.07) is 16.8. The van der Waals surface area contributed by atoms with Crippen LogP contribution in [0.5, 0.6) is 0 Å². The highest BCUT2D eigenvalue weighted by Gasteiger charge is 2.48. The van der Waals surface area contributed by atoms with Crippen molar-refractivity contribution in [3.05, 3.63) is 65.2 Å². The lowest BCUT2D eigenvalue weighted by atomic mass is 9.65. The molecule has 0 spiro atoms. The second-order valence-corrected chi connectivity index (χ2v) is 9.49. The maximum absolute atomic E-state index is 13.4. The van der Waals surface area contributed by atoms with Gasteiger partial charge in [-0.1, -0.05) is 56.3 Å². The molecule has 0 aliphatic carbocycles. The SMILES string of the molecule is CCc1ccc(C2(C)CC(C)(C)N(C(=O)CN3C(=O)CCC3=O)c3ccccc32)cc1. The van der Waals surface area contributed by atoms with Gasteiger partial charge in [0, 0.05) is 29.5 Å². The Morgan fingerprint density at radius 1 is 0.935 bits per heavy atom. The summed E-state index contributed by atoms with van der Waals surface area (Å²) in [7, 11) is 0. The van der Waals surface area contributed by atoms with Gasteiger partial charge in [0.15, 0.2) is 0 Å². The minimum absolute atomic E-state index is 0.192. The summed E-state index contributed by atoms with van der Waals surface area (Å²) >= 11 is 0. The fourth-order valence-corrected chi connectivity index (χ4v) is 5.34. The number of nitrogens with zero attached hydrogens (tertiary/aromatic N) is 2. The first kappa shape index (κ1) is 21.3. The van der Waals surface area contributed by atoms with E-state index in [4.69, 9.17) is 0 Å². The summed E-state index contributed by atoms with van der Waals surface area (Å²) in [6.07, 6.45) is 2.11. The zero-order valence-corrected chi connectivity index (χ0v) is 18.8. The highest BCUT2D eigenvalue weighted by atomic mass is 16.2. The average molecular weight is 419 g/mol. The molecule has 0 aromatic heterocycles. The van der Waals surface area contributed by atoms with E-state index in [1.165, 1.54) is 11.1 Å². The van der Waals surface area contributed by atoms with Gasteiger partial charge in [-0.2, -0.15) is 0 Å². The molecule has 4 rings (SSSR count). The van der Waals surface area contributed by atoms with E-state index < -0.39 is 5.54 Å². The molecule has 2 heterocycles. The fourth-order valence-electron chi connectivity index (χ4n) is 5.34. The number of para-hydroxylation sites is 1. The van der Waals surface area contributed by atoms with E-state index in [9.17, 15) is 14.4 Å². The zero-order valence-electron chi connectivity index (χ0n) is 18.8. The van der Waals surface area contributed by atoms with Gasteiger partial charge >= 0.3 is 0 Å². The van der Waals surface area contributed by atoms with E-state index in [1.54, 1.807) is 4.90 Å². The lowest BCUT2D eigenvalue weighted by molar-refractivity contribution is -0.142. The number of hydrogen-bond acceptors (Lipinski definition) is 3. The number of likely N-dealkylation sites (tertiary alicyclic amines) is 1. The fraction of sp³-hybridized carbons (Fsp3) is 0.423. The van der Waals surface area contributed by atoms with Crippen LogP contribution in [0.25, 0.3) is 0 Å². The molecule has 3 amide bonds. The number of imide groups is 1. The minimum atomic E-state index is -0.491. The lowest BCUT2D eigenvalue weighted by Gasteiger charge is -2.51. The van der Waals surface area contributed by atoms with Crippen molar-refractivity contribution in [2.24, 2.45) is 0 Å². The van der Waals surface area contributed by atoms with Gasteiger partial charge in [-0.05, 0) is 49.4 Å². The van der Waals surface area contributed by atoms with Crippen LogP contribution >= 0.6 is 0 Å². The van der Waals surface area contributed by atoms with E-state index in [1.807, 2.05) is 18.2 Å². The van der Waals surface area contributed by atoms with Crippen molar-refractivity contribution in [2.75, 3.05) is 11.4 Å². The molecule has 0 radical (unpaired) electrons. The highest BCUT2D eigenvalue weighted by Crippen LogP contribution is 2.50. The number of carbonyl (C=O) groups is 3. The largest absolute Gasteiger partial charge is 0.305 e. The van der Waals surface area contributed by atoms with Crippen LogP contribution in [-0.4, -0.2) is 34.7 Å². The summed E-state index contributed by atoms with van der Waals surface area (Å²) in [5.74, 6) is -0.742. The number of carbonyl (C=O) groups excluding carboxylic acids is 3. The number of benzene rings is 2. The standard InChI is InChI=1S/C26H30N2O3/c1-5-18-10-12-19(13-11-18)26(4)17-25(2,3)28(21-9-7-6-8-20(21)26)24(31)16-27-22(29)14-15-23(27)30/h6-13H,5,14-17H2,1-4H3. The molecule has 0 N–H and O–H groups in total. The molecule has 2 aliphatic rings. The highest BCUT2D eigenvalue weighted by molar-refractivity contribution is 6.07. The van der Waals surface area contributed by atoms with Gasteiger partial charge in [0.25, 0.3) is 0 Å². The van der Waals surface area contributed by atoms with Crippen molar-refractivity contribution in [1.29, 1.82) is 0 Å². The lowest BCUT2D eigenvalue weighted by Crippen LogP contribution is -2.58. The number of hydrogen-bond donors (Lipinski definition) is 0. The summed E-state index contributed by atoms with van der Waals surface area (Å²) in [4.78, 5) is 40.5. The van der Waals surface area contributed by atoms with Crippen LogP contribution in [0.2, 0.25) is 0 Å². The third kappa shape index (κ3) is 3.56. The minimum Gasteiger partial charge on any atom is -0.305 e. The Morgan fingerprint density at radius 3 is 2.16 bits per heavy atom. The van der Waals surface area contributed by atoms with E-state index in [2.05, 4.69) is 58.0 Å². The molecule has 0 bridgehead atoms. The summed E-state index contributed by atoms with van der Waals surface area (Å²) in [5, 5.41) is 0. The van der Waals surface area contributed by atoms with E-state index in [0.29, 0.717) is 0 Å². The molecule has 162 valence electrons. The van der Waals surface area contributed by atoms with E-state index >= 15 is 0 Å². The molecule has 2 aromatic carbocycles. The molecule has 1 saturated heterocycles. The molecule has 1 fully saturated rings. The van der Waals surface area contributed by atoms with Crippen LogP contribution in [0.1, 0.15) is 63.6 Å². The molecule has 31 heavy (non-hydrogen) atoms. The average Bonchev–Trinajstić information content (AvgIpc) is 3.05. The van der Waals surface area contributed by atoms with Gasteiger partial charge in [0.05, 0.1) is 0 Å². The predicted molar refractivity (Wildman–Crippen MR) is 121 cm³/mol. The maximum atomic E-state index is 13.4. The van der Waals surface area contributed by atoms with Crippen LogP contribution in [0, 0.1) is 0 Å². The monoisotopic (exact) mass is 418 g/mol. The third-order valence-corrected chi connectivity index (χ3v) is 6.83. The van der Waals surface area contributed by atoms with Gasteiger partial charge in [0.2, 0.25) is 17.7 Å². The quantitative estimate of drug-likeness (QED) is 0.699. The van der Waals surface area contributed by atoms with Crippen molar-refractivity contribution in [3.8, 4) is 0 Å². The summed E-state index contributed by atoms with van der Waals surface area (Å²) < 4.78 is 0. The molecule has 5 heteroatoms. The molecule has 2 aromatic rings. The smallest absolute Gasteiger partial charge is 0.247 e. The van der Waals surface area contributed by atoms with Gasteiger partial charge in [0.1, 0.15) is 6.54 Å². The second-order valence-electron chi connectivity index (χ2n) is 9.49. The van der Waals surface area contributed by atoms with Gasteiger partial charge in [-0.25, -0.2) is 0 Å². The summed E-state index contributed by atoms with van der Waals surface area (Å²) in [6.45, 7) is 8.32. The maximum Gasteiger partial charge on any atom is 0.247 e. The molecule has 0 saturated carbocycles. The molecule has 1 atom stereocenters. The van der Waals surface area contributed by atoms with E-state index in [0.717, 1.165) is 29.0 Å². The number of aryl methyl sites for hydroxylation is 1. The van der Waals surface area contributed by atoms with Crippen LogP contribution in [0.3, 0.4) is 0 Å². The molecular formula is C26H30N2O3. The Balaban J connectivity index is 1.76. The van der Waals surface area contributed by atoms with Crippen LogP contribution in [0.15, 0.2) is 48.5 Å². The normalized spacial score (nSPS) is 22.6. The molecule has 1 unspecified atom stereocenters. The first-order valence-corrected chi connectivity index (χ1v) is 11.0. The van der Waals surface area contributed by atoms with Crippen LogP contribution in [-0.2, 0) is 26.2 Å². The molecule has 5 nitrogen and oxygen atoms in total. The molecular weight excluding hydrogens is 388 g/mol. The van der Waals surface area contributed by atoms with Crippen molar-refractivity contribution in [3.63, 3.8) is 0 Å². The Labute approximate surface area is 184 Å². The van der Waals surface area contributed by atoms with Crippen molar-refractivity contribution < 1.29 is 14.4 Å². The summed E-state index contributed by atoms with van der Waals surface area (Å²) in [5.41, 5.74) is 3.71. The topological polar surface area (TPSA) is 57.7 Å². The number of fused-ring (bicyclic) bond motifs is 1. The van der Waals surface area contributed by atoms with Gasteiger partial charge in [-0.15, -0.1) is 0 Å². The Kier molecular flexibility index (Phi) is 5.24. The first-order chi connectivity index (χ1) is 14.7. The molecule has 2 aliphatic heterocycles. The number of rotatable bonds is 4. The van der Waals surface area contributed by atoms with Gasteiger partial charge in [-0.3, -0.25) is 19.3 Å². The van der Waals surface area contributed by atoms with Crippen LogP contribution < -0.4 is 4.90 Å². The number of amides is 3. The van der Waals surface area contributed by atoms with Gasteiger partial charge < -0.3 is 4.90 Å². The number of anilines is 1. The predicted octanol–water partition coefficient (Wildman–Crippen LogP) is 4.22. The van der Waals surface area contributed by atoms with Crippen molar-refractivity contribution in [1.82, 2.24) is 4.90 Å². The zero-order chi connectivity index (χ0) is 22.4. The Bertz CT molecular complexity index is 1020. The van der Waals surface area contributed by atoms with Crippen molar-refractivity contribution in [2.45, 2.75) is 64.3 Å². The third-order valence-electron chi connectivity index (χ3n) is 6.83. The van der Waals surface area contributed by atoms with Crippen LogP contribution in [0.4, 0.5) is 5.69 Å².